The minimum atomic E-state index is -1.92. The van der Waals surface area contributed by atoms with Crippen molar-refractivity contribution in [2.75, 3.05) is 0 Å². The molecule has 0 saturated carbocycles. The molecule has 3 heterocycles. The maximum absolute atomic E-state index is 13.3. The second kappa shape index (κ2) is 7.48. The summed E-state index contributed by atoms with van der Waals surface area (Å²) in [5.74, 6) is 0.0348. The number of aromatic nitrogens is 2. The standard InChI is InChI=1S/C16H14B2FN2O6P/c17-16(18,27-28-24-8-9-7-10(19)1-2-11(9)26-28)12-3-4-14(25-12)21-6-5-13(22)20-15(21)23/h1-2,5-7,12,14H,3-4,8H2,(H,20,22,23). The lowest BCUT2D eigenvalue weighted by Gasteiger charge is -2.36. The lowest BCUT2D eigenvalue weighted by molar-refractivity contribution is -0.0469. The van der Waals surface area contributed by atoms with Gasteiger partial charge < -0.3 is 13.8 Å². The fraction of sp³-hybridized carbons (Fsp3) is 0.375. The van der Waals surface area contributed by atoms with Crippen LogP contribution in [0.2, 0.25) is 0 Å². The van der Waals surface area contributed by atoms with Crippen LogP contribution in [0.15, 0.2) is 40.1 Å². The van der Waals surface area contributed by atoms with Gasteiger partial charge in [-0.2, -0.15) is 0 Å². The molecule has 0 amide bonds. The van der Waals surface area contributed by atoms with E-state index in [1.54, 1.807) is 0 Å². The smallest absolute Gasteiger partial charge is 0.396 e. The van der Waals surface area contributed by atoms with E-state index in [-0.39, 0.29) is 6.61 Å². The van der Waals surface area contributed by atoms with Gasteiger partial charge in [-0.05, 0) is 31.0 Å². The predicted octanol–water partition coefficient (Wildman–Crippen LogP) is 1.20. The minimum Gasteiger partial charge on any atom is -0.426 e. The summed E-state index contributed by atoms with van der Waals surface area (Å²) in [6, 6.07) is 5.28. The van der Waals surface area contributed by atoms with E-state index in [1.165, 1.54) is 35.0 Å². The van der Waals surface area contributed by atoms with Crippen LogP contribution in [-0.2, 0) is 20.4 Å². The molecular formula is C16H14B2FN2O6P. The number of halogens is 1. The van der Waals surface area contributed by atoms with Gasteiger partial charge in [0.25, 0.3) is 5.56 Å². The molecule has 0 spiro atoms. The molecule has 4 rings (SSSR count). The third kappa shape index (κ3) is 3.93. The van der Waals surface area contributed by atoms with Gasteiger partial charge in [0.1, 0.15) is 33.5 Å². The monoisotopic (exact) mass is 402 g/mol. The van der Waals surface area contributed by atoms with Crippen LogP contribution in [0.3, 0.4) is 0 Å². The molecule has 2 aromatic rings. The van der Waals surface area contributed by atoms with Gasteiger partial charge in [-0.3, -0.25) is 18.9 Å². The summed E-state index contributed by atoms with van der Waals surface area (Å²) >= 11 is 0. The minimum absolute atomic E-state index is 0.0931. The first-order valence-electron chi connectivity index (χ1n) is 8.45. The molecule has 28 heavy (non-hydrogen) atoms. The Kier molecular flexibility index (Phi) is 5.18. The summed E-state index contributed by atoms with van der Waals surface area (Å²) in [6.07, 6.45) is 0.804. The molecule has 1 fully saturated rings. The fourth-order valence-corrected chi connectivity index (χ4v) is 4.12. The molecule has 4 radical (unpaired) electrons. The van der Waals surface area contributed by atoms with Crippen molar-refractivity contribution in [1.82, 2.24) is 9.55 Å². The average molecular weight is 402 g/mol. The van der Waals surface area contributed by atoms with Crippen molar-refractivity contribution in [3.63, 3.8) is 0 Å². The number of hydrogen-bond donors (Lipinski definition) is 1. The van der Waals surface area contributed by atoms with E-state index >= 15 is 0 Å². The Labute approximate surface area is 162 Å². The van der Waals surface area contributed by atoms with Gasteiger partial charge >= 0.3 is 14.3 Å². The predicted molar refractivity (Wildman–Crippen MR) is 98.5 cm³/mol. The number of aromatic amines is 1. The summed E-state index contributed by atoms with van der Waals surface area (Å²) < 4.78 is 36.9. The van der Waals surface area contributed by atoms with Crippen LogP contribution in [0.1, 0.15) is 24.6 Å². The molecule has 142 valence electrons. The molecular weight excluding hydrogens is 388 g/mol. The van der Waals surface area contributed by atoms with Crippen molar-refractivity contribution >= 4 is 24.3 Å². The first-order chi connectivity index (χ1) is 13.3. The molecule has 1 saturated heterocycles. The van der Waals surface area contributed by atoms with E-state index in [4.69, 9.17) is 34.0 Å². The molecule has 1 N–H and O–H groups in total. The van der Waals surface area contributed by atoms with Crippen molar-refractivity contribution < 1.29 is 22.7 Å². The van der Waals surface area contributed by atoms with Gasteiger partial charge in [0.05, 0.1) is 12.7 Å². The SMILES string of the molecule is [B]C([B])(OP1OCc2cc(F)ccc2O1)C1CCC(n2ccc(=O)[nH]c2=O)O1. The van der Waals surface area contributed by atoms with Crippen molar-refractivity contribution in [3.05, 3.63) is 62.7 Å². The van der Waals surface area contributed by atoms with Gasteiger partial charge in [0.2, 0.25) is 0 Å². The molecule has 0 aliphatic carbocycles. The quantitative estimate of drug-likeness (QED) is 0.611. The lowest BCUT2D eigenvalue weighted by atomic mass is 9.61. The number of benzene rings is 1. The third-order valence-electron chi connectivity index (χ3n) is 4.42. The fourth-order valence-electron chi connectivity index (χ4n) is 3.02. The summed E-state index contributed by atoms with van der Waals surface area (Å²) in [6.45, 7) is 0.0931. The highest BCUT2D eigenvalue weighted by Crippen LogP contribution is 2.50. The Hall–Kier alpha value is -1.93. The largest absolute Gasteiger partial charge is 0.426 e. The maximum atomic E-state index is 13.3. The summed E-state index contributed by atoms with van der Waals surface area (Å²) in [5.41, 5.74) is -0.539. The summed E-state index contributed by atoms with van der Waals surface area (Å²) in [4.78, 5) is 25.3. The third-order valence-corrected chi connectivity index (χ3v) is 5.57. The highest BCUT2D eigenvalue weighted by Gasteiger charge is 2.41. The van der Waals surface area contributed by atoms with Crippen LogP contribution in [-0.4, -0.2) is 36.7 Å². The Morgan fingerprint density at radius 2 is 2.11 bits per heavy atom. The number of H-pyrrole nitrogens is 1. The molecule has 8 nitrogen and oxygen atoms in total. The first-order valence-corrected chi connectivity index (χ1v) is 9.54. The van der Waals surface area contributed by atoms with E-state index < -0.39 is 43.4 Å². The van der Waals surface area contributed by atoms with E-state index in [1.807, 2.05) is 0 Å². The number of rotatable bonds is 4. The molecule has 3 unspecified atom stereocenters. The Balaban J connectivity index is 1.42. The summed E-state index contributed by atoms with van der Waals surface area (Å²) in [7, 11) is 10.2. The van der Waals surface area contributed by atoms with Gasteiger partial charge in [-0.15, -0.1) is 0 Å². The van der Waals surface area contributed by atoms with Gasteiger partial charge in [-0.25, -0.2) is 9.18 Å². The highest BCUT2D eigenvalue weighted by molar-refractivity contribution is 7.42. The topological polar surface area (TPSA) is 91.8 Å². The molecule has 2 aliphatic rings. The van der Waals surface area contributed by atoms with Crippen LogP contribution in [0, 0.1) is 5.82 Å². The first kappa shape index (κ1) is 19.4. The molecule has 2 aliphatic heterocycles. The van der Waals surface area contributed by atoms with E-state index in [0.717, 1.165) is 0 Å². The number of ether oxygens (including phenoxy) is 1. The summed E-state index contributed by atoms with van der Waals surface area (Å²) in [5, 5.41) is -1.75. The Bertz CT molecular complexity index is 1000. The number of fused-ring (bicyclic) bond motifs is 1. The Morgan fingerprint density at radius 3 is 2.89 bits per heavy atom. The van der Waals surface area contributed by atoms with Gasteiger partial charge in [0.15, 0.2) is 0 Å². The van der Waals surface area contributed by atoms with Crippen LogP contribution in [0.25, 0.3) is 0 Å². The molecule has 1 aromatic carbocycles. The van der Waals surface area contributed by atoms with Gasteiger partial charge in [-0.1, -0.05) is 0 Å². The number of nitrogens with one attached hydrogen (secondary N) is 1. The zero-order chi connectivity index (χ0) is 19.9. The zero-order valence-electron chi connectivity index (χ0n) is 14.5. The number of nitrogens with zero attached hydrogens (tertiary/aromatic N) is 1. The van der Waals surface area contributed by atoms with Crippen LogP contribution < -0.4 is 15.8 Å². The van der Waals surface area contributed by atoms with Gasteiger partial charge in [0, 0.05) is 23.2 Å². The van der Waals surface area contributed by atoms with Crippen molar-refractivity contribution in [3.8, 4) is 5.75 Å². The van der Waals surface area contributed by atoms with Crippen LogP contribution in [0.4, 0.5) is 4.39 Å². The van der Waals surface area contributed by atoms with E-state index in [9.17, 15) is 14.0 Å². The molecule has 3 atom stereocenters. The second-order valence-corrected chi connectivity index (χ2v) is 7.53. The molecule has 12 heteroatoms. The van der Waals surface area contributed by atoms with E-state index in [0.29, 0.717) is 24.2 Å². The van der Waals surface area contributed by atoms with Crippen molar-refractivity contribution in [2.45, 2.75) is 37.2 Å². The Morgan fingerprint density at radius 1 is 1.29 bits per heavy atom. The lowest BCUT2D eigenvalue weighted by Crippen LogP contribution is -2.45. The highest BCUT2D eigenvalue weighted by atomic mass is 31.2. The van der Waals surface area contributed by atoms with E-state index in [2.05, 4.69) is 4.98 Å². The second-order valence-electron chi connectivity index (χ2n) is 6.46. The maximum Gasteiger partial charge on any atom is 0.396 e. The zero-order valence-corrected chi connectivity index (χ0v) is 15.4. The number of hydrogen-bond acceptors (Lipinski definition) is 6. The average Bonchev–Trinajstić information content (AvgIpc) is 3.12. The molecule has 0 bridgehead atoms. The van der Waals surface area contributed by atoms with Crippen LogP contribution in [0.5, 0.6) is 5.75 Å². The van der Waals surface area contributed by atoms with Crippen molar-refractivity contribution in [1.29, 1.82) is 0 Å². The molecule has 1 aromatic heterocycles. The van der Waals surface area contributed by atoms with Crippen molar-refractivity contribution in [2.24, 2.45) is 0 Å². The van der Waals surface area contributed by atoms with Crippen LogP contribution >= 0.6 is 8.60 Å². The normalized spacial score (nSPS) is 24.5.